The van der Waals surface area contributed by atoms with Crippen LogP contribution in [0.25, 0.3) is 11.0 Å². The third-order valence-corrected chi connectivity index (χ3v) is 8.64. The Bertz CT molecular complexity index is 1780. The Labute approximate surface area is 240 Å². The number of halogens is 6. The number of sulfonamides is 1. The number of alkyl halides is 3. The van der Waals surface area contributed by atoms with Gasteiger partial charge in [0.25, 0.3) is 5.91 Å². The Morgan fingerprint density at radius 2 is 1.76 bits per heavy atom. The number of carbonyl (C=O) groups excluding carboxylic acids is 1. The predicted molar refractivity (Wildman–Crippen MR) is 146 cm³/mol. The Balaban J connectivity index is 1.68. The van der Waals surface area contributed by atoms with Crippen molar-refractivity contribution in [2.24, 2.45) is 5.73 Å². The van der Waals surface area contributed by atoms with Crippen LogP contribution in [0.2, 0.25) is 0 Å². The van der Waals surface area contributed by atoms with Gasteiger partial charge in [-0.1, -0.05) is 18.2 Å². The number of nitrogens with two attached hydrogens (primary N) is 1. The van der Waals surface area contributed by atoms with Crippen molar-refractivity contribution in [3.8, 4) is 0 Å². The van der Waals surface area contributed by atoms with Crippen LogP contribution >= 0.6 is 15.9 Å². The van der Waals surface area contributed by atoms with Gasteiger partial charge in [0.15, 0.2) is 0 Å². The average Bonchev–Trinajstić information content (AvgIpc) is 3.65. The van der Waals surface area contributed by atoms with Gasteiger partial charge in [-0.15, -0.1) is 0 Å². The fraction of sp³-hybridized carbons (Fsp3) is 0.250. The van der Waals surface area contributed by atoms with E-state index in [9.17, 15) is 35.2 Å². The smallest absolute Gasteiger partial charge is 0.419 e. The van der Waals surface area contributed by atoms with Gasteiger partial charge >= 0.3 is 6.18 Å². The third kappa shape index (κ3) is 5.82. The lowest BCUT2D eigenvalue weighted by Crippen LogP contribution is -2.31. The van der Waals surface area contributed by atoms with Crippen LogP contribution in [0.3, 0.4) is 0 Å². The average molecular weight is 657 g/mol. The quantitative estimate of drug-likeness (QED) is 0.206. The summed E-state index contributed by atoms with van der Waals surface area (Å²) in [6, 6.07) is 10.5. The fourth-order valence-electron chi connectivity index (χ4n) is 4.88. The van der Waals surface area contributed by atoms with Gasteiger partial charge in [-0.25, -0.2) is 17.2 Å². The monoisotopic (exact) mass is 656 g/mol. The number of rotatable bonds is 8. The van der Waals surface area contributed by atoms with E-state index < -0.39 is 55.9 Å². The highest BCUT2D eigenvalue weighted by Gasteiger charge is 2.39. The van der Waals surface area contributed by atoms with Crippen molar-refractivity contribution >= 4 is 48.5 Å². The molecule has 1 fully saturated rings. The van der Waals surface area contributed by atoms with E-state index in [4.69, 9.17) is 10.2 Å². The highest BCUT2D eigenvalue weighted by molar-refractivity contribution is 9.10. The molecule has 1 aliphatic rings. The standard InChI is InChI=1S/C28H22BrF5N2O4S/c1-41(38,39)36(13-16-6-9-20(29)26(31)25(16)28(32,33)34)21-12-22-19(11-18(21)15-4-5-15)24(27(35)37)23(40-22)10-14-2-7-17(30)8-3-14/h2-3,6-9,11-12,15H,4-5,10,13H2,1H3,(H2,35,37). The molecular weight excluding hydrogens is 635 g/mol. The summed E-state index contributed by atoms with van der Waals surface area (Å²) in [5.41, 5.74) is 4.82. The molecule has 0 aliphatic heterocycles. The van der Waals surface area contributed by atoms with E-state index in [2.05, 4.69) is 15.9 Å². The Morgan fingerprint density at radius 1 is 1.10 bits per heavy atom. The predicted octanol–water partition coefficient (Wildman–Crippen LogP) is 7.03. The van der Waals surface area contributed by atoms with Crippen LogP contribution in [0.1, 0.15) is 57.1 Å². The largest absolute Gasteiger partial charge is 0.460 e. The van der Waals surface area contributed by atoms with Crippen LogP contribution < -0.4 is 10.0 Å². The SMILES string of the molecule is CS(=O)(=O)N(Cc1ccc(Br)c(F)c1C(F)(F)F)c1cc2oc(Cc3ccc(F)cc3)c(C(N)=O)c2cc1C1CC1. The zero-order valence-electron chi connectivity index (χ0n) is 21.4. The summed E-state index contributed by atoms with van der Waals surface area (Å²) >= 11 is 2.76. The molecule has 1 aromatic heterocycles. The number of benzene rings is 3. The molecule has 13 heteroatoms. The molecule has 0 spiro atoms. The van der Waals surface area contributed by atoms with Gasteiger partial charge in [-0.3, -0.25) is 9.10 Å². The number of amides is 1. The molecule has 216 valence electrons. The number of primary amides is 1. The van der Waals surface area contributed by atoms with E-state index in [1.54, 1.807) is 6.07 Å². The number of fused-ring (bicyclic) bond motifs is 1. The van der Waals surface area contributed by atoms with Crippen LogP contribution in [0.5, 0.6) is 0 Å². The first kappa shape index (κ1) is 29.1. The van der Waals surface area contributed by atoms with Gasteiger partial charge in [-0.05, 0) is 75.6 Å². The third-order valence-electron chi connectivity index (χ3n) is 6.90. The van der Waals surface area contributed by atoms with Crippen molar-refractivity contribution < 1.29 is 39.6 Å². The van der Waals surface area contributed by atoms with E-state index >= 15 is 0 Å². The van der Waals surface area contributed by atoms with E-state index in [-0.39, 0.29) is 34.9 Å². The summed E-state index contributed by atoms with van der Waals surface area (Å²) in [6.07, 6.45) is -2.81. The first-order chi connectivity index (χ1) is 19.1. The lowest BCUT2D eigenvalue weighted by atomic mass is 10.00. The van der Waals surface area contributed by atoms with Crippen molar-refractivity contribution in [2.45, 2.75) is 37.9 Å². The highest BCUT2D eigenvalue weighted by atomic mass is 79.9. The molecule has 1 saturated carbocycles. The molecule has 1 amide bonds. The summed E-state index contributed by atoms with van der Waals surface area (Å²) < 4.78 is 102. The molecule has 4 aromatic rings. The second kappa shape index (κ2) is 10.4. The van der Waals surface area contributed by atoms with E-state index in [1.807, 2.05) is 0 Å². The van der Waals surface area contributed by atoms with Crippen molar-refractivity contribution in [1.82, 2.24) is 0 Å². The van der Waals surface area contributed by atoms with Crippen molar-refractivity contribution in [2.75, 3.05) is 10.6 Å². The number of hydrogen-bond acceptors (Lipinski definition) is 4. The Hall–Kier alpha value is -3.45. The van der Waals surface area contributed by atoms with Crippen LogP contribution in [0, 0.1) is 11.6 Å². The molecule has 1 aliphatic carbocycles. The van der Waals surface area contributed by atoms with E-state index in [0.717, 1.165) is 22.7 Å². The highest BCUT2D eigenvalue weighted by Crippen LogP contribution is 2.48. The normalized spacial score (nSPS) is 14.0. The number of furan rings is 1. The van der Waals surface area contributed by atoms with Crippen LogP contribution in [-0.4, -0.2) is 20.6 Å². The maximum absolute atomic E-state index is 14.6. The topological polar surface area (TPSA) is 93.6 Å². The lowest BCUT2D eigenvalue weighted by molar-refractivity contribution is -0.140. The Morgan fingerprint density at radius 3 is 2.32 bits per heavy atom. The van der Waals surface area contributed by atoms with Gasteiger partial charge in [0.05, 0.1) is 34.1 Å². The molecule has 0 unspecified atom stereocenters. The van der Waals surface area contributed by atoms with Crippen LogP contribution in [0.4, 0.5) is 27.6 Å². The molecule has 0 saturated heterocycles. The summed E-state index contributed by atoms with van der Waals surface area (Å²) in [5, 5.41) is 0.319. The maximum Gasteiger partial charge on any atom is 0.419 e. The molecule has 5 rings (SSSR count). The molecule has 0 atom stereocenters. The molecule has 6 nitrogen and oxygen atoms in total. The number of carbonyl (C=O) groups is 1. The molecule has 0 radical (unpaired) electrons. The zero-order valence-corrected chi connectivity index (χ0v) is 23.8. The van der Waals surface area contributed by atoms with Crippen LogP contribution in [-0.2, 0) is 29.2 Å². The zero-order chi connectivity index (χ0) is 29.9. The minimum atomic E-state index is -5.09. The van der Waals surface area contributed by atoms with Gasteiger partial charge in [0.2, 0.25) is 10.0 Å². The molecule has 41 heavy (non-hydrogen) atoms. The lowest BCUT2D eigenvalue weighted by Gasteiger charge is -2.27. The summed E-state index contributed by atoms with van der Waals surface area (Å²) in [6.45, 7) is -0.811. The summed E-state index contributed by atoms with van der Waals surface area (Å²) in [5.74, 6) is -2.76. The van der Waals surface area contributed by atoms with E-state index in [1.165, 1.54) is 30.3 Å². The Kier molecular flexibility index (Phi) is 7.39. The van der Waals surface area contributed by atoms with Gasteiger partial charge in [-0.2, -0.15) is 13.2 Å². The van der Waals surface area contributed by atoms with Crippen LogP contribution in [0.15, 0.2) is 57.4 Å². The number of hydrogen-bond donors (Lipinski definition) is 1. The molecule has 0 bridgehead atoms. The minimum Gasteiger partial charge on any atom is -0.460 e. The summed E-state index contributed by atoms with van der Waals surface area (Å²) in [7, 11) is -4.21. The van der Waals surface area contributed by atoms with E-state index in [0.29, 0.717) is 29.4 Å². The van der Waals surface area contributed by atoms with Gasteiger partial charge in [0.1, 0.15) is 23.0 Å². The number of anilines is 1. The van der Waals surface area contributed by atoms with Gasteiger partial charge in [0, 0.05) is 17.9 Å². The second-order valence-corrected chi connectivity index (χ2v) is 12.7. The number of nitrogens with zero attached hydrogens (tertiary/aromatic N) is 1. The minimum absolute atomic E-state index is 0.0528. The maximum atomic E-state index is 14.6. The summed E-state index contributed by atoms with van der Waals surface area (Å²) in [4.78, 5) is 12.5. The fourth-order valence-corrected chi connectivity index (χ4v) is 6.10. The van der Waals surface area contributed by atoms with Crippen molar-refractivity contribution in [3.05, 3.63) is 98.2 Å². The van der Waals surface area contributed by atoms with Crippen molar-refractivity contribution in [1.29, 1.82) is 0 Å². The first-order valence-electron chi connectivity index (χ1n) is 12.3. The molecule has 3 aromatic carbocycles. The molecule has 1 heterocycles. The van der Waals surface area contributed by atoms with Gasteiger partial charge < -0.3 is 10.2 Å². The molecular formula is C28H22BrF5N2O4S. The molecule has 2 N–H and O–H groups in total. The first-order valence-corrected chi connectivity index (χ1v) is 14.9. The second-order valence-electron chi connectivity index (χ2n) is 9.91. The van der Waals surface area contributed by atoms with Crippen molar-refractivity contribution in [3.63, 3.8) is 0 Å².